The molecular weight excluding hydrogens is 374 g/mol. The van der Waals surface area contributed by atoms with Crippen molar-refractivity contribution in [3.63, 3.8) is 0 Å². The molecule has 3 N–H and O–H groups in total. The number of aliphatic hydroxyl groups is 1. The lowest BCUT2D eigenvalue weighted by Gasteiger charge is -2.38. The first-order chi connectivity index (χ1) is 14.1. The zero-order valence-corrected chi connectivity index (χ0v) is 16.5. The molecule has 0 aliphatic carbocycles. The van der Waals surface area contributed by atoms with E-state index in [0.29, 0.717) is 25.3 Å². The number of nitrogens with one attached hydrogen (secondary N) is 2. The third-order valence-electron chi connectivity index (χ3n) is 5.33. The van der Waals surface area contributed by atoms with Crippen LogP contribution in [0.2, 0.25) is 0 Å². The van der Waals surface area contributed by atoms with Gasteiger partial charge in [0, 0.05) is 51.5 Å². The molecule has 1 atom stereocenters. The van der Waals surface area contributed by atoms with E-state index in [-0.39, 0.29) is 37.3 Å². The van der Waals surface area contributed by atoms with Crippen LogP contribution < -0.4 is 10.6 Å². The fourth-order valence-corrected chi connectivity index (χ4v) is 3.72. The van der Waals surface area contributed by atoms with Crippen molar-refractivity contribution in [2.75, 3.05) is 64.3 Å². The van der Waals surface area contributed by atoms with Crippen LogP contribution in [0, 0.1) is 0 Å². The number of carbonyl (C=O) groups excluding carboxylic acids is 3. The Morgan fingerprint density at radius 3 is 2.45 bits per heavy atom. The second kappa shape index (κ2) is 10.3. The number of carbonyl (C=O) groups is 3. The summed E-state index contributed by atoms with van der Waals surface area (Å²) < 4.78 is 0. The van der Waals surface area contributed by atoms with Crippen molar-refractivity contribution >= 4 is 23.4 Å². The number of para-hydroxylation sites is 1. The van der Waals surface area contributed by atoms with E-state index in [2.05, 4.69) is 20.4 Å². The fraction of sp³-hybridized carbons (Fsp3) is 0.550. The van der Waals surface area contributed by atoms with Crippen LogP contribution in [0.25, 0.3) is 0 Å². The van der Waals surface area contributed by atoms with Crippen LogP contribution in [0.1, 0.15) is 6.42 Å². The highest BCUT2D eigenvalue weighted by Crippen LogP contribution is 2.13. The molecule has 2 aliphatic rings. The Bertz CT molecular complexity index is 706. The molecule has 9 nitrogen and oxygen atoms in total. The number of hydrogen-bond donors (Lipinski definition) is 3. The van der Waals surface area contributed by atoms with Crippen LogP contribution in [-0.2, 0) is 14.4 Å². The van der Waals surface area contributed by atoms with E-state index in [1.807, 2.05) is 18.2 Å². The number of nitrogens with zero attached hydrogens (tertiary/aromatic N) is 3. The number of hydrogen-bond acceptors (Lipinski definition) is 6. The largest absolute Gasteiger partial charge is 0.395 e. The van der Waals surface area contributed by atoms with Gasteiger partial charge in [-0.2, -0.15) is 0 Å². The first-order valence-electron chi connectivity index (χ1n) is 10.0. The minimum Gasteiger partial charge on any atom is -0.395 e. The Kier molecular flexibility index (Phi) is 7.56. The van der Waals surface area contributed by atoms with Crippen molar-refractivity contribution in [3.05, 3.63) is 30.3 Å². The molecule has 29 heavy (non-hydrogen) atoms. The van der Waals surface area contributed by atoms with Gasteiger partial charge < -0.3 is 20.6 Å². The van der Waals surface area contributed by atoms with Crippen LogP contribution in [0.15, 0.2) is 30.3 Å². The average Bonchev–Trinajstić information content (AvgIpc) is 2.72. The van der Waals surface area contributed by atoms with Gasteiger partial charge in [-0.15, -0.1) is 0 Å². The van der Waals surface area contributed by atoms with Gasteiger partial charge in [0.15, 0.2) is 0 Å². The van der Waals surface area contributed by atoms with E-state index in [1.54, 1.807) is 12.1 Å². The number of benzene rings is 1. The summed E-state index contributed by atoms with van der Waals surface area (Å²) in [5, 5.41) is 14.6. The Balaban J connectivity index is 1.55. The Morgan fingerprint density at radius 2 is 1.76 bits per heavy atom. The van der Waals surface area contributed by atoms with Crippen LogP contribution in [0.3, 0.4) is 0 Å². The van der Waals surface area contributed by atoms with E-state index in [4.69, 9.17) is 5.11 Å². The van der Waals surface area contributed by atoms with Crippen LogP contribution in [0.5, 0.6) is 0 Å². The predicted molar refractivity (Wildman–Crippen MR) is 108 cm³/mol. The molecule has 2 heterocycles. The van der Waals surface area contributed by atoms with E-state index >= 15 is 0 Å². The number of β-amino-alcohol motifs (C(OH)–C–C–N with tert-alkyl or cyclic N) is 1. The lowest BCUT2D eigenvalue weighted by Crippen LogP contribution is -2.60. The van der Waals surface area contributed by atoms with E-state index in [9.17, 15) is 14.4 Å². The second-order valence-corrected chi connectivity index (χ2v) is 7.35. The molecule has 3 rings (SSSR count). The second-order valence-electron chi connectivity index (χ2n) is 7.35. The molecule has 9 heteroatoms. The minimum absolute atomic E-state index is 0.0727. The molecule has 0 bridgehead atoms. The maximum atomic E-state index is 12.9. The molecular formula is C20H29N5O4. The Hall–Kier alpha value is -2.49. The van der Waals surface area contributed by atoms with Gasteiger partial charge >= 0.3 is 0 Å². The highest BCUT2D eigenvalue weighted by molar-refractivity contribution is 5.97. The maximum Gasteiger partial charge on any atom is 0.243 e. The summed E-state index contributed by atoms with van der Waals surface area (Å²) in [4.78, 5) is 43.4. The van der Waals surface area contributed by atoms with Gasteiger partial charge in [0.05, 0.1) is 19.6 Å². The molecule has 2 fully saturated rings. The van der Waals surface area contributed by atoms with Crippen molar-refractivity contribution < 1.29 is 19.5 Å². The Labute approximate surface area is 170 Å². The third-order valence-corrected chi connectivity index (χ3v) is 5.33. The highest BCUT2D eigenvalue weighted by atomic mass is 16.3. The summed E-state index contributed by atoms with van der Waals surface area (Å²) in [6.45, 7) is 4.90. The SMILES string of the molecule is O=C(C[C@H]1C(=O)NCCN1C(=O)CN1CCN(CCO)CC1)Nc1ccccc1. The van der Waals surface area contributed by atoms with Crippen LogP contribution in [-0.4, -0.2) is 103 Å². The molecule has 0 spiro atoms. The quantitative estimate of drug-likeness (QED) is 0.537. The number of amides is 3. The van der Waals surface area contributed by atoms with E-state index in [0.717, 1.165) is 26.2 Å². The summed E-state index contributed by atoms with van der Waals surface area (Å²) >= 11 is 0. The lowest BCUT2D eigenvalue weighted by molar-refractivity contribution is -0.145. The van der Waals surface area contributed by atoms with Gasteiger partial charge in [0.1, 0.15) is 6.04 Å². The number of rotatable bonds is 7. The molecule has 0 unspecified atom stereocenters. The first-order valence-corrected chi connectivity index (χ1v) is 10.0. The smallest absolute Gasteiger partial charge is 0.243 e. The summed E-state index contributed by atoms with van der Waals surface area (Å²) in [5.74, 6) is -0.720. The number of anilines is 1. The van der Waals surface area contributed by atoms with E-state index in [1.165, 1.54) is 4.90 Å². The average molecular weight is 403 g/mol. The standard InChI is InChI=1S/C20H29N5O4/c26-13-12-23-8-10-24(11-9-23)15-19(28)25-7-6-21-20(29)17(25)14-18(27)22-16-4-2-1-3-5-16/h1-5,17,26H,6-15H2,(H,21,29)(H,22,27)/t17-/m0/s1. The maximum absolute atomic E-state index is 12.9. The van der Waals surface area contributed by atoms with Gasteiger partial charge in [-0.3, -0.25) is 24.2 Å². The zero-order valence-electron chi connectivity index (χ0n) is 16.5. The van der Waals surface area contributed by atoms with Gasteiger partial charge in [-0.05, 0) is 12.1 Å². The molecule has 2 saturated heterocycles. The normalized spacial score (nSPS) is 20.9. The number of aliphatic hydroxyl groups excluding tert-OH is 1. The van der Waals surface area contributed by atoms with Gasteiger partial charge in [-0.1, -0.05) is 18.2 Å². The monoisotopic (exact) mass is 403 g/mol. The molecule has 0 radical (unpaired) electrons. The lowest BCUT2D eigenvalue weighted by atomic mass is 10.1. The molecule has 2 aliphatic heterocycles. The van der Waals surface area contributed by atoms with Crippen molar-refractivity contribution in [1.82, 2.24) is 20.0 Å². The summed E-state index contributed by atoms with van der Waals surface area (Å²) in [6.07, 6.45) is -0.0727. The molecule has 1 aromatic rings. The molecule has 158 valence electrons. The van der Waals surface area contributed by atoms with Crippen molar-refractivity contribution in [2.45, 2.75) is 12.5 Å². The first kappa shape index (κ1) is 21.2. The van der Waals surface area contributed by atoms with Gasteiger partial charge in [0.25, 0.3) is 0 Å². The third kappa shape index (κ3) is 5.99. The van der Waals surface area contributed by atoms with Crippen molar-refractivity contribution in [2.24, 2.45) is 0 Å². The topological polar surface area (TPSA) is 105 Å². The molecule has 3 amide bonds. The molecule has 0 aromatic heterocycles. The van der Waals surface area contributed by atoms with Crippen molar-refractivity contribution in [3.8, 4) is 0 Å². The van der Waals surface area contributed by atoms with Crippen LogP contribution >= 0.6 is 0 Å². The van der Waals surface area contributed by atoms with Crippen LogP contribution in [0.4, 0.5) is 5.69 Å². The summed E-state index contributed by atoms with van der Waals surface area (Å²) in [5.41, 5.74) is 0.660. The zero-order chi connectivity index (χ0) is 20.6. The highest BCUT2D eigenvalue weighted by Gasteiger charge is 2.35. The number of piperazine rings is 2. The van der Waals surface area contributed by atoms with Crippen molar-refractivity contribution in [1.29, 1.82) is 0 Å². The fourth-order valence-electron chi connectivity index (χ4n) is 3.72. The minimum atomic E-state index is -0.796. The molecule has 1 aromatic carbocycles. The summed E-state index contributed by atoms with van der Waals surface area (Å²) in [6, 6.07) is 8.25. The predicted octanol–water partition coefficient (Wildman–Crippen LogP) is -1.05. The molecule has 0 saturated carbocycles. The summed E-state index contributed by atoms with van der Waals surface area (Å²) in [7, 11) is 0. The Morgan fingerprint density at radius 1 is 1.07 bits per heavy atom. The van der Waals surface area contributed by atoms with Gasteiger partial charge in [0.2, 0.25) is 17.7 Å². The van der Waals surface area contributed by atoms with E-state index < -0.39 is 6.04 Å². The van der Waals surface area contributed by atoms with Gasteiger partial charge in [-0.25, -0.2) is 0 Å².